The SMILES string of the molecule is O=C(O)CCC(CC(=O)O)NC(=O)NC(CCCCN(CC(=O)O)Cc1ccccn1)CC(=O)O.[Re]. The van der Waals surface area contributed by atoms with Crippen molar-refractivity contribution in [3.63, 3.8) is 0 Å². The molecule has 0 saturated carbocycles. The summed E-state index contributed by atoms with van der Waals surface area (Å²) in [6, 6.07) is 2.89. The molecule has 36 heavy (non-hydrogen) atoms. The van der Waals surface area contributed by atoms with Gasteiger partial charge in [-0.2, -0.15) is 0 Å². The molecule has 0 saturated heterocycles. The third kappa shape index (κ3) is 16.5. The number of nitrogens with one attached hydrogen (secondary N) is 2. The van der Waals surface area contributed by atoms with E-state index >= 15 is 0 Å². The van der Waals surface area contributed by atoms with E-state index in [1.165, 1.54) is 0 Å². The van der Waals surface area contributed by atoms with Crippen LogP contribution in [0.5, 0.6) is 0 Å². The van der Waals surface area contributed by atoms with Gasteiger partial charge >= 0.3 is 29.9 Å². The monoisotopic (exact) mass is 683 g/mol. The minimum absolute atomic E-state index is 0. The molecule has 0 fully saturated rings. The van der Waals surface area contributed by atoms with Crippen molar-refractivity contribution in [1.82, 2.24) is 20.5 Å². The van der Waals surface area contributed by atoms with E-state index in [0.717, 1.165) is 5.69 Å². The maximum Gasteiger partial charge on any atom is 0.317 e. The molecule has 2 amide bonds. The van der Waals surface area contributed by atoms with Gasteiger partial charge in [-0.1, -0.05) is 12.5 Å². The average Bonchev–Trinajstić information content (AvgIpc) is 2.74. The molecule has 13 nitrogen and oxygen atoms in total. The molecule has 1 aromatic rings. The van der Waals surface area contributed by atoms with Crippen molar-refractivity contribution >= 4 is 29.9 Å². The number of carbonyl (C=O) groups excluding carboxylic acids is 1. The van der Waals surface area contributed by atoms with Crippen LogP contribution in [0.4, 0.5) is 4.79 Å². The fraction of sp³-hybridized carbons (Fsp3) is 0.545. The Labute approximate surface area is 221 Å². The summed E-state index contributed by atoms with van der Waals surface area (Å²) in [6.07, 6.45) is 1.69. The summed E-state index contributed by atoms with van der Waals surface area (Å²) in [5.74, 6) is -4.46. The van der Waals surface area contributed by atoms with Crippen LogP contribution in [0.3, 0.4) is 0 Å². The van der Waals surface area contributed by atoms with E-state index in [2.05, 4.69) is 15.6 Å². The molecule has 0 bridgehead atoms. The van der Waals surface area contributed by atoms with Crippen molar-refractivity contribution in [3.8, 4) is 0 Å². The van der Waals surface area contributed by atoms with Crippen LogP contribution in [0.15, 0.2) is 24.4 Å². The maximum absolute atomic E-state index is 12.3. The maximum atomic E-state index is 12.3. The van der Waals surface area contributed by atoms with Gasteiger partial charge in [0.2, 0.25) is 0 Å². The first-order chi connectivity index (χ1) is 16.5. The number of rotatable bonds is 18. The number of hydrogen-bond donors (Lipinski definition) is 6. The van der Waals surface area contributed by atoms with Crippen LogP contribution in [0.1, 0.15) is 50.6 Å². The molecule has 1 aromatic heterocycles. The number of aromatic nitrogens is 1. The third-order valence-electron chi connectivity index (χ3n) is 4.97. The standard InChI is InChI=1S/C22H32N4O9.Re/c27-18(28)8-7-16(12-20(31)32)25-22(35)24-15(11-19(29)30)5-2-4-10-26(14-21(33)34)13-17-6-1-3-9-23-17;/h1,3,6,9,15-16H,2,4-5,7-8,10-14H2,(H,27,28)(H,29,30)(H,31,32)(H,33,34)(H2,24,25,35);. The number of hydrogen-bond acceptors (Lipinski definition) is 7. The molecule has 201 valence electrons. The second-order valence-corrected chi connectivity index (χ2v) is 8.06. The molecule has 2 atom stereocenters. The Kier molecular flexibility index (Phi) is 16.7. The van der Waals surface area contributed by atoms with Gasteiger partial charge in [-0.15, -0.1) is 0 Å². The summed E-state index contributed by atoms with van der Waals surface area (Å²) in [7, 11) is 0. The van der Waals surface area contributed by atoms with E-state index in [1.54, 1.807) is 29.3 Å². The Morgan fingerprint density at radius 3 is 1.94 bits per heavy atom. The van der Waals surface area contributed by atoms with E-state index < -0.39 is 48.4 Å². The number of aliphatic carboxylic acids is 4. The number of pyridine rings is 1. The Morgan fingerprint density at radius 1 is 0.833 bits per heavy atom. The second kappa shape index (κ2) is 18.2. The van der Waals surface area contributed by atoms with Gasteiger partial charge in [0.15, 0.2) is 0 Å². The zero-order valence-electron chi connectivity index (χ0n) is 19.6. The molecule has 0 spiro atoms. The van der Waals surface area contributed by atoms with Gasteiger partial charge in [0.1, 0.15) is 0 Å². The van der Waals surface area contributed by atoms with Gasteiger partial charge in [-0.05, 0) is 37.9 Å². The molecule has 1 radical (unpaired) electrons. The first-order valence-corrected chi connectivity index (χ1v) is 11.1. The smallest absolute Gasteiger partial charge is 0.317 e. The van der Waals surface area contributed by atoms with E-state index in [0.29, 0.717) is 32.4 Å². The molecule has 2 unspecified atom stereocenters. The zero-order valence-corrected chi connectivity index (χ0v) is 22.4. The van der Waals surface area contributed by atoms with Crippen LogP contribution in [0.25, 0.3) is 0 Å². The number of carboxylic acids is 4. The van der Waals surface area contributed by atoms with Gasteiger partial charge in [0.05, 0.1) is 25.1 Å². The van der Waals surface area contributed by atoms with Crippen LogP contribution in [0.2, 0.25) is 0 Å². The van der Waals surface area contributed by atoms with E-state index in [1.807, 2.05) is 0 Å². The second-order valence-electron chi connectivity index (χ2n) is 8.06. The molecular weight excluding hydrogens is 650 g/mol. The van der Waals surface area contributed by atoms with Crippen molar-refractivity contribution in [2.45, 2.75) is 63.6 Å². The number of carbonyl (C=O) groups is 5. The van der Waals surface area contributed by atoms with Crippen LogP contribution >= 0.6 is 0 Å². The molecule has 1 heterocycles. The molecular formula is C22H32N4O9Re. The van der Waals surface area contributed by atoms with Gasteiger partial charge in [-0.25, -0.2) is 4.79 Å². The van der Waals surface area contributed by atoms with Crippen LogP contribution in [0, 0.1) is 0 Å². The molecule has 6 N–H and O–H groups in total. The van der Waals surface area contributed by atoms with Gasteiger partial charge in [0.25, 0.3) is 0 Å². The van der Waals surface area contributed by atoms with Crippen molar-refractivity contribution in [3.05, 3.63) is 30.1 Å². The van der Waals surface area contributed by atoms with Crippen LogP contribution in [-0.2, 0) is 46.1 Å². The topological polar surface area (TPSA) is 206 Å². The number of unbranched alkanes of at least 4 members (excludes halogenated alkanes) is 1. The summed E-state index contributed by atoms with van der Waals surface area (Å²) < 4.78 is 0. The minimum atomic E-state index is -1.21. The summed E-state index contributed by atoms with van der Waals surface area (Å²) in [5.41, 5.74) is 0.717. The first-order valence-electron chi connectivity index (χ1n) is 11.1. The van der Waals surface area contributed by atoms with E-state index in [-0.39, 0.29) is 46.2 Å². The summed E-state index contributed by atoms with van der Waals surface area (Å²) >= 11 is 0. The van der Waals surface area contributed by atoms with Crippen LogP contribution < -0.4 is 10.6 Å². The van der Waals surface area contributed by atoms with Crippen molar-refractivity contribution in [2.75, 3.05) is 13.1 Å². The molecule has 0 aromatic carbocycles. The van der Waals surface area contributed by atoms with E-state index in [9.17, 15) is 24.0 Å². The zero-order chi connectivity index (χ0) is 26.2. The predicted molar refractivity (Wildman–Crippen MR) is 122 cm³/mol. The Hall–Kier alpha value is -3.08. The number of amides is 2. The van der Waals surface area contributed by atoms with Crippen molar-refractivity contribution in [2.24, 2.45) is 0 Å². The minimum Gasteiger partial charge on any atom is -0.481 e. The average molecular weight is 683 g/mol. The summed E-state index contributed by atoms with van der Waals surface area (Å²) in [5, 5.41) is 41.0. The van der Waals surface area contributed by atoms with Crippen molar-refractivity contribution in [1.29, 1.82) is 0 Å². The molecule has 0 aliphatic heterocycles. The van der Waals surface area contributed by atoms with Gasteiger partial charge < -0.3 is 31.1 Å². The van der Waals surface area contributed by atoms with Gasteiger partial charge in [0, 0.05) is 51.7 Å². The van der Waals surface area contributed by atoms with Crippen molar-refractivity contribution < 1.29 is 64.8 Å². The third-order valence-corrected chi connectivity index (χ3v) is 4.97. The summed E-state index contributed by atoms with van der Waals surface area (Å²) in [6.45, 7) is 0.579. The Balaban J connectivity index is 0.0000122. The van der Waals surface area contributed by atoms with Crippen LogP contribution in [-0.4, -0.2) is 85.4 Å². The fourth-order valence-electron chi connectivity index (χ4n) is 3.43. The summed E-state index contributed by atoms with van der Waals surface area (Å²) in [4.78, 5) is 62.3. The first kappa shape index (κ1) is 32.9. The molecule has 1 rings (SSSR count). The molecule has 14 heteroatoms. The molecule has 0 aliphatic carbocycles. The van der Waals surface area contributed by atoms with Gasteiger partial charge in [-0.3, -0.25) is 29.1 Å². The number of carboxylic acid groups (broad SMARTS) is 4. The molecule has 0 aliphatic rings. The largest absolute Gasteiger partial charge is 0.481 e. The predicted octanol–water partition coefficient (Wildman–Crippen LogP) is 0.987. The number of urea groups is 1. The normalized spacial score (nSPS) is 12.1. The quantitative estimate of drug-likeness (QED) is 0.120. The Bertz CT molecular complexity index is 857. The number of nitrogens with zero attached hydrogens (tertiary/aromatic N) is 2. The van der Waals surface area contributed by atoms with E-state index in [4.69, 9.17) is 20.4 Å². The Morgan fingerprint density at radius 2 is 1.44 bits per heavy atom. The fourth-order valence-corrected chi connectivity index (χ4v) is 3.43.